The van der Waals surface area contributed by atoms with E-state index in [1.165, 1.54) is 6.33 Å². The predicted octanol–water partition coefficient (Wildman–Crippen LogP) is 0.146. The average molecular weight is 633 g/mol. The van der Waals surface area contributed by atoms with Crippen molar-refractivity contribution in [2.45, 2.75) is 0 Å². The minimum atomic E-state index is -4.67. The number of hydrogen-bond acceptors (Lipinski definition) is 12. The molecule has 2 aromatic heterocycles. The fraction of sp³-hybridized carbons (Fsp3) is 0. The van der Waals surface area contributed by atoms with E-state index in [9.17, 15) is 19.2 Å². The fourth-order valence-corrected chi connectivity index (χ4v) is 1.74. The molecule has 0 aliphatic heterocycles. The molecule has 0 bridgehead atoms. The Kier molecular flexibility index (Phi) is 18.3. The van der Waals surface area contributed by atoms with Gasteiger partial charge in [0, 0.05) is 12.4 Å². The maximum Gasteiger partial charge on any atom is 0.394 e. The summed E-state index contributed by atoms with van der Waals surface area (Å²) in [7, 11) is -9.33. The summed E-state index contributed by atoms with van der Waals surface area (Å²) in [6.07, 6.45) is 8.74. The van der Waals surface area contributed by atoms with Crippen LogP contribution in [0.5, 0.6) is 0 Å². The van der Waals surface area contributed by atoms with Crippen LogP contribution in [0.4, 0.5) is 23.3 Å². The molecule has 0 saturated heterocycles. The first-order valence-electron chi connectivity index (χ1n) is 10.1. The molecule has 20 nitrogen and oxygen atoms in total. The van der Waals surface area contributed by atoms with Crippen LogP contribution in [0.15, 0.2) is 75.4 Å². The van der Waals surface area contributed by atoms with E-state index >= 15 is 0 Å². The van der Waals surface area contributed by atoms with Crippen LogP contribution in [0.1, 0.15) is 0 Å². The van der Waals surface area contributed by atoms with E-state index in [4.69, 9.17) is 35.0 Å². The topological polar surface area (TPSA) is 317 Å². The molecule has 0 radical (unpaired) electrons. The second kappa shape index (κ2) is 19.7. The standard InChI is InChI=1S/C16H16N6O4.C4H4N2.2H2O4S/c1-5-9(23)17-13-14(18-10(24)6-2)21-16(20-12(26)8-4)22-15(13)19-11(25)7-3;1-2-5-4-6-3-1;2*1-5(2,3)4/h5-8H,1-4H2,(H,17,23)(H3,18,19,20,21,22,24,25,26);1-4H;2*(H2,1,2,3,4). The summed E-state index contributed by atoms with van der Waals surface area (Å²) in [5.74, 6) is -3.24. The molecule has 2 rings (SSSR count). The smallest absolute Gasteiger partial charge is 0.316 e. The quantitative estimate of drug-likeness (QED) is 0.142. The average Bonchev–Trinajstić information content (AvgIpc) is 2.89. The van der Waals surface area contributed by atoms with Crippen LogP contribution in [0.2, 0.25) is 0 Å². The van der Waals surface area contributed by atoms with Gasteiger partial charge in [0.2, 0.25) is 29.6 Å². The molecule has 0 aromatic carbocycles. The number of aromatic nitrogens is 4. The molecule has 228 valence electrons. The van der Waals surface area contributed by atoms with Gasteiger partial charge in [-0.05, 0) is 30.4 Å². The third kappa shape index (κ3) is 23.8. The Hall–Kier alpha value is -5.26. The van der Waals surface area contributed by atoms with Crippen molar-refractivity contribution in [1.82, 2.24) is 19.9 Å². The van der Waals surface area contributed by atoms with Crippen LogP contribution in [0.25, 0.3) is 0 Å². The van der Waals surface area contributed by atoms with Crippen molar-refractivity contribution in [3.63, 3.8) is 0 Å². The minimum absolute atomic E-state index is 0.128. The van der Waals surface area contributed by atoms with Gasteiger partial charge in [-0.3, -0.25) is 42.7 Å². The van der Waals surface area contributed by atoms with Crippen LogP contribution in [-0.2, 0) is 40.0 Å². The van der Waals surface area contributed by atoms with E-state index < -0.39 is 44.4 Å². The molecule has 2 aromatic rings. The van der Waals surface area contributed by atoms with E-state index in [0.717, 1.165) is 24.3 Å². The Morgan fingerprint density at radius 3 is 1.19 bits per heavy atom. The molecule has 4 amide bonds. The van der Waals surface area contributed by atoms with Gasteiger partial charge in [0.25, 0.3) is 0 Å². The number of amides is 4. The van der Waals surface area contributed by atoms with Crippen molar-refractivity contribution >= 4 is 67.7 Å². The van der Waals surface area contributed by atoms with Gasteiger partial charge in [0.05, 0.1) is 0 Å². The van der Waals surface area contributed by atoms with Crippen molar-refractivity contribution in [2.75, 3.05) is 21.3 Å². The number of hydrogen-bond donors (Lipinski definition) is 8. The number of carbonyl (C=O) groups excluding carboxylic acids is 4. The molecule has 0 saturated carbocycles. The van der Waals surface area contributed by atoms with Crippen molar-refractivity contribution in [3.05, 3.63) is 75.4 Å². The molecule has 8 N–H and O–H groups in total. The Labute approximate surface area is 238 Å². The SMILES string of the molecule is C=CC(=O)Nc1nc(NC(=O)C=C)c(NC(=O)C=C)c(NC(=O)C=C)n1.O=S(=O)(O)O.O=S(=O)(O)O.c1cncnc1. The lowest BCUT2D eigenvalue weighted by molar-refractivity contribution is -0.112. The highest BCUT2D eigenvalue weighted by Gasteiger charge is 2.19. The Bertz CT molecular complexity index is 1380. The second-order valence-electron chi connectivity index (χ2n) is 6.19. The molecule has 22 heteroatoms. The third-order valence-corrected chi connectivity index (χ3v) is 3.09. The summed E-state index contributed by atoms with van der Waals surface area (Å²) >= 11 is 0. The lowest BCUT2D eigenvalue weighted by atomic mass is 10.3. The van der Waals surface area contributed by atoms with Crippen LogP contribution in [-0.4, -0.2) is 78.6 Å². The van der Waals surface area contributed by atoms with E-state index in [1.54, 1.807) is 18.5 Å². The van der Waals surface area contributed by atoms with Gasteiger partial charge in [0.15, 0.2) is 11.6 Å². The number of nitrogens with zero attached hydrogens (tertiary/aromatic N) is 4. The zero-order valence-electron chi connectivity index (χ0n) is 21.1. The van der Waals surface area contributed by atoms with Gasteiger partial charge in [-0.15, -0.1) is 0 Å². The van der Waals surface area contributed by atoms with E-state index in [1.807, 2.05) is 0 Å². The van der Waals surface area contributed by atoms with E-state index in [-0.39, 0.29) is 23.3 Å². The van der Waals surface area contributed by atoms with Crippen LogP contribution >= 0.6 is 0 Å². The van der Waals surface area contributed by atoms with Gasteiger partial charge < -0.3 is 16.0 Å². The van der Waals surface area contributed by atoms with Gasteiger partial charge in [-0.25, -0.2) is 9.97 Å². The molecule has 0 spiro atoms. The van der Waals surface area contributed by atoms with Gasteiger partial charge >= 0.3 is 20.8 Å². The maximum atomic E-state index is 11.7. The molecule has 0 aliphatic rings. The monoisotopic (exact) mass is 632 g/mol. The van der Waals surface area contributed by atoms with Crippen molar-refractivity contribution in [2.24, 2.45) is 0 Å². The number of nitrogens with one attached hydrogen (secondary N) is 4. The number of carbonyl (C=O) groups is 4. The first-order valence-corrected chi connectivity index (χ1v) is 12.9. The Morgan fingerprint density at radius 2 is 0.929 bits per heavy atom. The molecule has 2 heterocycles. The number of rotatable bonds is 8. The highest BCUT2D eigenvalue weighted by molar-refractivity contribution is 7.80. The summed E-state index contributed by atoms with van der Waals surface area (Å²) in [5, 5.41) is 9.34. The number of anilines is 4. The molecular weight excluding hydrogens is 608 g/mol. The molecule has 42 heavy (non-hydrogen) atoms. The van der Waals surface area contributed by atoms with Crippen molar-refractivity contribution in [3.8, 4) is 0 Å². The predicted molar refractivity (Wildman–Crippen MR) is 148 cm³/mol. The van der Waals surface area contributed by atoms with Crippen molar-refractivity contribution < 1.29 is 54.2 Å². The second-order valence-corrected chi connectivity index (χ2v) is 7.98. The highest BCUT2D eigenvalue weighted by Crippen LogP contribution is 2.29. The summed E-state index contributed by atoms with van der Waals surface area (Å²) < 4.78 is 63.2. The maximum absolute atomic E-state index is 11.7. The molecule has 0 atom stereocenters. The first-order chi connectivity index (χ1) is 19.3. The first kappa shape index (κ1) is 38.9. The molecule has 0 aliphatic carbocycles. The largest absolute Gasteiger partial charge is 0.394 e. The molecular formula is C20H24N8O12S2. The van der Waals surface area contributed by atoms with Gasteiger partial charge in [0.1, 0.15) is 12.0 Å². The Balaban J connectivity index is 0. The van der Waals surface area contributed by atoms with Crippen molar-refractivity contribution in [1.29, 1.82) is 0 Å². The van der Waals surface area contributed by atoms with Gasteiger partial charge in [-0.1, -0.05) is 26.3 Å². The zero-order chi connectivity index (χ0) is 32.9. The normalized spacial score (nSPS) is 9.62. The summed E-state index contributed by atoms with van der Waals surface area (Å²) in [6, 6.07) is 1.78. The van der Waals surface area contributed by atoms with Crippen LogP contribution in [0.3, 0.4) is 0 Å². The van der Waals surface area contributed by atoms with Crippen LogP contribution < -0.4 is 21.3 Å². The summed E-state index contributed by atoms with van der Waals surface area (Å²) in [6.45, 7) is 13.2. The summed E-state index contributed by atoms with van der Waals surface area (Å²) in [4.78, 5) is 61.6. The fourth-order valence-electron chi connectivity index (χ4n) is 1.74. The minimum Gasteiger partial charge on any atom is -0.316 e. The Morgan fingerprint density at radius 1 is 0.619 bits per heavy atom. The van der Waals surface area contributed by atoms with E-state index in [2.05, 4.69) is 67.5 Å². The molecule has 0 unspecified atom stereocenters. The van der Waals surface area contributed by atoms with E-state index in [0.29, 0.717) is 0 Å². The lowest BCUT2D eigenvalue weighted by Crippen LogP contribution is -2.21. The van der Waals surface area contributed by atoms with Gasteiger partial charge in [-0.2, -0.15) is 26.8 Å². The molecule has 0 fully saturated rings. The zero-order valence-corrected chi connectivity index (χ0v) is 22.7. The van der Waals surface area contributed by atoms with Crippen LogP contribution in [0, 0.1) is 0 Å². The highest BCUT2D eigenvalue weighted by atomic mass is 32.3. The summed E-state index contributed by atoms with van der Waals surface area (Å²) in [5.41, 5.74) is -0.128. The lowest BCUT2D eigenvalue weighted by Gasteiger charge is -2.15. The third-order valence-electron chi connectivity index (χ3n) is 3.09.